The topological polar surface area (TPSA) is 178 Å². The Hall–Kier alpha value is -2.88. The van der Waals surface area contributed by atoms with Crippen molar-refractivity contribution >= 4 is 128 Å². The fraction of sp³-hybridized carbons (Fsp3) is 0.261. The van der Waals surface area contributed by atoms with E-state index in [0.717, 1.165) is 5.56 Å². The van der Waals surface area contributed by atoms with Gasteiger partial charge in [0.2, 0.25) is 5.91 Å². The highest BCUT2D eigenvalue weighted by molar-refractivity contribution is 6.77. The van der Waals surface area contributed by atoms with Gasteiger partial charge in [0.25, 0.3) is 15.6 Å². The van der Waals surface area contributed by atoms with Crippen molar-refractivity contribution in [3.63, 3.8) is 0 Å². The normalized spacial score (nSPS) is 11.5. The van der Waals surface area contributed by atoms with Gasteiger partial charge in [0.05, 0.1) is 34.0 Å². The Labute approximate surface area is 271 Å². The number of carbonyl (C=O) groups is 4. The highest BCUT2D eigenvalue weighted by Gasteiger charge is 2.41. The third-order valence-electron chi connectivity index (χ3n) is 5.15. The van der Waals surface area contributed by atoms with Crippen LogP contribution in [0.5, 0.6) is 0 Å². The van der Waals surface area contributed by atoms with E-state index in [4.69, 9.17) is 80.7 Å². The Morgan fingerprint density at radius 3 is 1.86 bits per heavy atom. The summed E-state index contributed by atoms with van der Waals surface area (Å²) < 4.78 is 37.6. The summed E-state index contributed by atoms with van der Waals surface area (Å²) in [5, 5.41) is 18.9. The monoisotopic (exact) mass is 725 g/mol. The van der Waals surface area contributed by atoms with Crippen LogP contribution >= 0.6 is 69.6 Å². The summed E-state index contributed by atoms with van der Waals surface area (Å²) in [4.78, 5) is 48.2. The Bertz CT molecular complexity index is 1410. The van der Waals surface area contributed by atoms with Crippen molar-refractivity contribution in [1.29, 1.82) is 5.41 Å². The lowest BCUT2D eigenvalue weighted by Gasteiger charge is -2.28. The van der Waals surface area contributed by atoms with Gasteiger partial charge in [-0.3, -0.25) is 24.6 Å². The Morgan fingerprint density at radius 2 is 1.37 bits per heavy atom. The first-order chi connectivity index (χ1) is 19.9. The van der Waals surface area contributed by atoms with Crippen LogP contribution in [0.15, 0.2) is 30.3 Å². The van der Waals surface area contributed by atoms with E-state index in [-0.39, 0.29) is 13.0 Å². The standard InChI is InChI=1S/C23H20Cl6F3N7O4/c24-8-10(40)36-13-11(18(33)34)12(38-21(43)23(30,31)32)14(35-7-6-9-4-2-1-3-5-9)16(39-20(42)22(27,28)29)15(13)37-19(41)17(25)26/h1-5,17,35H,6-8H2,(H3,33,34)(H,36,40)(H,37,41)(H,38,43)(H,39,42). The molecule has 0 spiro atoms. The minimum absolute atomic E-state index is 0.0959. The zero-order valence-corrected chi connectivity index (χ0v) is 25.7. The van der Waals surface area contributed by atoms with Crippen molar-refractivity contribution < 1.29 is 32.3 Å². The molecular weight excluding hydrogens is 708 g/mol. The lowest BCUT2D eigenvalue weighted by Crippen LogP contribution is -2.34. The fourth-order valence-electron chi connectivity index (χ4n) is 3.39. The first-order valence-electron chi connectivity index (χ1n) is 11.5. The molecule has 0 aliphatic rings. The van der Waals surface area contributed by atoms with Gasteiger partial charge in [0.1, 0.15) is 11.7 Å². The number of nitrogens with one attached hydrogen (secondary N) is 6. The molecule has 0 fully saturated rings. The lowest BCUT2D eigenvalue weighted by atomic mass is 10.0. The van der Waals surface area contributed by atoms with Gasteiger partial charge in [-0.25, -0.2) is 0 Å². The largest absolute Gasteiger partial charge is 0.471 e. The summed E-state index contributed by atoms with van der Waals surface area (Å²) in [7, 11) is 0. The zero-order valence-electron chi connectivity index (χ0n) is 21.2. The molecule has 2 aromatic rings. The lowest BCUT2D eigenvalue weighted by molar-refractivity contribution is -0.167. The third-order valence-corrected chi connectivity index (χ3v) is 6.31. The molecule has 11 nitrogen and oxygen atoms in total. The second-order valence-electron chi connectivity index (χ2n) is 8.20. The molecule has 0 saturated carbocycles. The predicted molar refractivity (Wildman–Crippen MR) is 163 cm³/mol. The van der Waals surface area contributed by atoms with Gasteiger partial charge >= 0.3 is 12.1 Å². The van der Waals surface area contributed by atoms with Crippen LogP contribution in [0.2, 0.25) is 0 Å². The maximum atomic E-state index is 13.4. The van der Waals surface area contributed by atoms with Gasteiger partial charge in [-0.15, -0.1) is 11.6 Å². The number of halogens is 9. The van der Waals surface area contributed by atoms with Gasteiger partial charge in [-0.05, 0) is 12.0 Å². The number of anilines is 5. The number of nitrogen functional groups attached to an aromatic ring is 1. The van der Waals surface area contributed by atoms with Crippen LogP contribution in [0, 0.1) is 5.41 Å². The molecule has 0 atom stereocenters. The number of rotatable bonds is 11. The second-order valence-corrected chi connectivity index (χ2v) is 11.8. The predicted octanol–water partition coefficient (Wildman–Crippen LogP) is 5.35. The second kappa shape index (κ2) is 15.2. The van der Waals surface area contributed by atoms with E-state index >= 15 is 0 Å². The van der Waals surface area contributed by atoms with E-state index in [1.165, 1.54) is 0 Å². The number of amidine groups is 1. The quantitative estimate of drug-likeness (QED) is 0.0932. The Balaban J connectivity index is 3.04. The molecule has 43 heavy (non-hydrogen) atoms. The fourth-order valence-corrected chi connectivity index (χ4v) is 3.71. The molecule has 4 amide bonds. The van der Waals surface area contributed by atoms with Crippen LogP contribution in [-0.2, 0) is 25.6 Å². The summed E-state index contributed by atoms with van der Waals surface area (Å²) >= 11 is 34.0. The van der Waals surface area contributed by atoms with E-state index in [2.05, 4.69) is 21.3 Å². The van der Waals surface area contributed by atoms with E-state index in [1.54, 1.807) is 35.6 Å². The maximum Gasteiger partial charge on any atom is 0.471 e. The molecule has 0 bridgehead atoms. The molecule has 0 aromatic heterocycles. The van der Waals surface area contributed by atoms with Crippen molar-refractivity contribution in [2.24, 2.45) is 5.73 Å². The molecule has 0 saturated heterocycles. The van der Waals surface area contributed by atoms with Crippen LogP contribution in [0.1, 0.15) is 11.1 Å². The Kier molecular flexibility index (Phi) is 12.9. The van der Waals surface area contributed by atoms with E-state index < -0.39 is 84.1 Å². The molecule has 0 aliphatic heterocycles. The highest BCUT2D eigenvalue weighted by Crippen LogP contribution is 2.48. The third kappa shape index (κ3) is 10.1. The molecule has 2 rings (SSSR count). The number of hydrogen-bond acceptors (Lipinski definition) is 6. The smallest absolute Gasteiger partial charge is 0.384 e. The van der Waals surface area contributed by atoms with Gasteiger partial charge in [0, 0.05) is 6.54 Å². The minimum Gasteiger partial charge on any atom is -0.384 e. The van der Waals surface area contributed by atoms with Crippen molar-refractivity contribution in [2.75, 3.05) is 39.0 Å². The average Bonchev–Trinajstić information content (AvgIpc) is 2.90. The first kappa shape index (κ1) is 36.3. The van der Waals surface area contributed by atoms with E-state index in [1.807, 2.05) is 0 Å². The molecule has 0 aliphatic carbocycles. The molecule has 0 unspecified atom stereocenters. The SMILES string of the molecule is N=C(N)c1c(NC(=O)CCl)c(NC(=O)C(Cl)Cl)c(NC(=O)C(Cl)(Cl)Cl)c(NCCc2ccccc2)c1NC(=O)C(F)(F)F. The van der Waals surface area contributed by atoms with Gasteiger partial charge in [-0.2, -0.15) is 13.2 Å². The zero-order chi connectivity index (χ0) is 32.7. The Morgan fingerprint density at radius 1 is 0.837 bits per heavy atom. The van der Waals surface area contributed by atoms with Crippen LogP contribution in [-0.4, -0.2) is 56.7 Å². The molecule has 234 valence electrons. The summed E-state index contributed by atoms with van der Waals surface area (Å²) in [6, 6.07) is 8.66. The van der Waals surface area contributed by atoms with Gasteiger partial charge < -0.3 is 32.3 Å². The number of carbonyl (C=O) groups excluding carboxylic acids is 4. The molecule has 20 heteroatoms. The number of nitrogens with two attached hydrogens (primary N) is 1. The average molecular weight is 728 g/mol. The van der Waals surface area contributed by atoms with Crippen molar-refractivity contribution in [3.8, 4) is 0 Å². The summed E-state index contributed by atoms with van der Waals surface area (Å²) in [5.41, 5.74) is 2.31. The summed E-state index contributed by atoms with van der Waals surface area (Å²) in [5.74, 6) is -7.89. The summed E-state index contributed by atoms with van der Waals surface area (Å²) in [6.07, 6.45) is -5.24. The van der Waals surface area contributed by atoms with Crippen LogP contribution in [0.25, 0.3) is 0 Å². The minimum atomic E-state index is -5.47. The number of amides is 4. The molecule has 0 radical (unpaired) electrons. The number of alkyl halides is 9. The molecular formula is C23H20Cl6F3N7O4. The summed E-state index contributed by atoms with van der Waals surface area (Å²) in [6.45, 7) is -0.0959. The highest BCUT2D eigenvalue weighted by atomic mass is 35.6. The number of hydrogen-bond donors (Lipinski definition) is 7. The van der Waals surface area contributed by atoms with Gasteiger partial charge in [0.15, 0.2) is 4.84 Å². The van der Waals surface area contributed by atoms with E-state index in [9.17, 15) is 32.3 Å². The van der Waals surface area contributed by atoms with Gasteiger partial charge in [-0.1, -0.05) is 88.3 Å². The maximum absolute atomic E-state index is 13.4. The number of benzene rings is 2. The van der Waals surface area contributed by atoms with Crippen LogP contribution < -0.4 is 32.3 Å². The van der Waals surface area contributed by atoms with Crippen LogP contribution in [0.4, 0.5) is 41.6 Å². The molecule has 8 N–H and O–H groups in total. The van der Waals surface area contributed by atoms with Crippen molar-refractivity contribution in [2.45, 2.75) is 21.2 Å². The van der Waals surface area contributed by atoms with Crippen LogP contribution in [0.3, 0.4) is 0 Å². The van der Waals surface area contributed by atoms with Crippen molar-refractivity contribution in [3.05, 3.63) is 41.5 Å². The molecule has 0 heterocycles. The first-order valence-corrected chi connectivity index (χ1v) is 14.0. The molecule has 2 aromatic carbocycles. The van der Waals surface area contributed by atoms with E-state index in [0.29, 0.717) is 0 Å². The van der Waals surface area contributed by atoms with Crippen molar-refractivity contribution in [1.82, 2.24) is 0 Å².